The number of rotatable bonds is 3. The van der Waals surface area contributed by atoms with E-state index in [-0.39, 0.29) is 42.1 Å². The predicted octanol–water partition coefficient (Wildman–Crippen LogP) is 2.12. The van der Waals surface area contributed by atoms with E-state index >= 15 is 0 Å². The Morgan fingerprint density at radius 3 is 2.85 bits per heavy atom. The van der Waals surface area contributed by atoms with E-state index in [2.05, 4.69) is 0 Å². The van der Waals surface area contributed by atoms with Gasteiger partial charge in [-0.15, -0.1) is 0 Å². The highest BCUT2D eigenvalue weighted by Crippen LogP contribution is 2.42. The van der Waals surface area contributed by atoms with Gasteiger partial charge >= 0.3 is 0 Å². The molecule has 6 heteroatoms. The van der Waals surface area contributed by atoms with Crippen LogP contribution in [0.2, 0.25) is 0 Å². The lowest BCUT2D eigenvalue weighted by molar-refractivity contribution is -0.0309. The maximum absolute atomic E-state index is 13.2. The standard InChI is InChI=1S/C20H20N2O4/c1-12-10-21-19(24)17-18(25-11-13-5-3-2-4-6-13)16(23)9-14-7-8-15(22(14)17)20(21)26-12/h2-6,9,12,15,20H,7-8,10-11H2,1H3/t12-,15?,20?/m1/s1. The van der Waals surface area contributed by atoms with Crippen LogP contribution in [-0.4, -0.2) is 34.3 Å². The lowest BCUT2D eigenvalue weighted by Crippen LogP contribution is -2.48. The van der Waals surface area contributed by atoms with Gasteiger partial charge in [0, 0.05) is 18.3 Å². The third-order valence-corrected chi connectivity index (χ3v) is 5.47. The highest BCUT2D eigenvalue weighted by atomic mass is 16.5. The molecule has 1 amide bonds. The van der Waals surface area contributed by atoms with E-state index in [9.17, 15) is 9.59 Å². The minimum atomic E-state index is -0.240. The van der Waals surface area contributed by atoms with E-state index in [1.54, 1.807) is 11.0 Å². The molecule has 134 valence electrons. The fourth-order valence-electron chi connectivity index (χ4n) is 4.36. The molecule has 0 spiro atoms. The molecule has 3 aliphatic rings. The molecule has 1 saturated heterocycles. The van der Waals surface area contributed by atoms with Gasteiger partial charge in [0.05, 0.1) is 12.1 Å². The molecule has 2 unspecified atom stereocenters. The molecule has 0 radical (unpaired) electrons. The molecule has 6 nitrogen and oxygen atoms in total. The Kier molecular flexibility index (Phi) is 3.43. The van der Waals surface area contributed by atoms with E-state index in [0.29, 0.717) is 12.2 Å². The summed E-state index contributed by atoms with van der Waals surface area (Å²) in [5.74, 6) is -0.00739. The number of nitrogens with zero attached hydrogens (tertiary/aromatic N) is 2. The van der Waals surface area contributed by atoms with Crippen LogP contribution in [0.5, 0.6) is 5.75 Å². The van der Waals surface area contributed by atoms with Crippen LogP contribution in [0.4, 0.5) is 0 Å². The zero-order valence-corrected chi connectivity index (χ0v) is 14.6. The van der Waals surface area contributed by atoms with Crippen LogP contribution in [0.25, 0.3) is 0 Å². The van der Waals surface area contributed by atoms with E-state index in [1.165, 1.54) is 0 Å². The summed E-state index contributed by atoms with van der Waals surface area (Å²) in [6, 6.07) is 11.3. The number of aryl methyl sites for hydroxylation is 1. The molecule has 0 saturated carbocycles. The van der Waals surface area contributed by atoms with Gasteiger partial charge in [-0.1, -0.05) is 30.3 Å². The second-order valence-electron chi connectivity index (χ2n) is 7.22. The Labute approximate surface area is 150 Å². The fraction of sp³-hybridized carbons (Fsp3) is 0.400. The quantitative estimate of drug-likeness (QED) is 0.849. The zero-order valence-electron chi connectivity index (χ0n) is 14.6. The van der Waals surface area contributed by atoms with Gasteiger partial charge in [0.2, 0.25) is 5.43 Å². The monoisotopic (exact) mass is 352 g/mol. The molecule has 1 aromatic heterocycles. The lowest BCUT2D eigenvalue weighted by atomic mass is 10.1. The summed E-state index contributed by atoms with van der Waals surface area (Å²) in [5.41, 5.74) is 2.03. The van der Waals surface area contributed by atoms with Crippen molar-refractivity contribution in [2.45, 2.75) is 44.7 Å². The number of fused-ring (bicyclic) bond motifs is 2. The van der Waals surface area contributed by atoms with Crippen molar-refractivity contribution < 1.29 is 14.3 Å². The van der Waals surface area contributed by atoms with Gasteiger partial charge < -0.3 is 18.9 Å². The lowest BCUT2D eigenvalue weighted by Gasteiger charge is -2.36. The van der Waals surface area contributed by atoms with Crippen molar-refractivity contribution in [3.05, 3.63) is 63.6 Å². The molecule has 0 bridgehead atoms. The molecular weight excluding hydrogens is 332 g/mol. The first kappa shape index (κ1) is 15.6. The number of benzene rings is 1. The third kappa shape index (κ3) is 2.22. The minimum absolute atomic E-state index is 0.00308. The first-order valence-electron chi connectivity index (χ1n) is 9.05. The molecular formula is C20H20N2O4. The second-order valence-corrected chi connectivity index (χ2v) is 7.22. The summed E-state index contributed by atoms with van der Waals surface area (Å²) in [4.78, 5) is 27.6. The van der Waals surface area contributed by atoms with Gasteiger partial charge in [0.25, 0.3) is 5.91 Å². The smallest absolute Gasteiger partial charge is 0.276 e. The van der Waals surface area contributed by atoms with Crippen LogP contribution in [0.15, 0.2) is 41.2 Å². The van der Waals surface area contributed by atoms with Gasteiger partial charge in [-0.3, -0.25) is 9.59 Å². The molecule has 5 rings (SSSR count). The zero-order chi connectivity index (χ0) is 17.8. The molecule has 3 atom stereocenters. The molecule has 2 aromatic rings. The van der Waals surface area contributed by atoms with Crippen LogP contribution >= 0.6 is 0 Å². The normalized spacial score (nSPS) is 26.0. The number of amides is 1. The molecule has 26 heavy (non-hydrogen) atoms. The average Bonchev–Trinajstić information content (AvgIpc) is 3.22. The van der Waals surface area contributed by atoms with Gasteiger partial charge in [0.1, 0.15) is 6.61 Å². The molecule has 0 aliphatic carbocycles. The molecule has 1 aromatic carbocycles. The number of carbonyl (C=O) groups is 1. The van der Waals surface area contributed by atoms with Crippen molar-refractivity contribution in [2.75, 3.05) is 6.54 Å². The van der Waals surface area contributed by atoms with E-state index in [1.807, 2.05) is 41.8 Å². The topological polar surface area (TPSA) is 60.8 Å². The molecule has 0 N–H and O–H groups in total. The van der Waals surface area contributed by atoms with Gasteiger partial charge in [0.15, 0.2) is 17.7 Å². The maximum atomic E-state index is 13.2. The summed E-state index contributed by atoms with van der Waals surface area (Å²) >= 11 is 0. The SMILES string of the molecule is C[C@@H]1CN2C(=O)c3c(OCc4ccccc4)c(=O)cc4n3C(CC4)C2O1. The number of pyridine rings is 1. The highest BCUT2D eigenvalue weighted by Gasteiger charge is 2.49. The summed E-state index contributed by atoms with van der Waals surface area (Å²) in [6.07, 6.45) is 1.41. The molecule has 1 fully saturated rings. The average molecular weight is 352 g/mol. The van der Waals surface area contributed by atoms with Crippen LogP contribution in [-0.2, 0) is 17.8 Å². The number of hydrogen-bond donors (Lipinski definition) is 0. The number of aromatic nitrogens is 1. The fourth-order valence-corrected chi connectivity index (χ4v) is 4.36. The predicted molar refractivity (Wildman–Crippen MR) is 94.2 cm³/mol. The van der Waals surface area contributed by atoms with Gasteiger partial charge in [-0.05, 0) is 25.3 Å². The second kappa shape index (κ2) is 5.71. The van der Waals surface area contributed by atoms with Crippen LogP contribution in [0.3, 0.4) is 0 Å². The Balaban J connectivity index is 1.59. The van der Waals surface area contributed by atoms with E-state index in [4.69, 9.17) is 9.47 Å². The Morgan fingerprint density at radius 2 is 2.04 bits per heavy atom. The summed E-state index contributed by atoms with van der Waals surface area (Å²) in [6.45, 7) is 2.79. The van der Waals surface area contributed by atoms with E-state index in [0.717, 1.165) is 24.1 Å². The summed E-state index contributed by atoms with van der Waals surface area (Å²) in [7, 11) is 0. The van der Waals surface area contributed by atoms with Crippen LogP contribution < -0.4 is 10.2 Å². The van der Waals surface area contributed by atoms with Crippen molar-refractivity contribution in [3.8, 4) is 5.75 Å². The van der Waals surface area contributed by atoms with Crippen LogP contribution in [0.1, 0.15) is 41.1 Å². The largest absolute Gasteiger partial charge is 0.483 e. The van der Waals surface area contributed by atoms with Crippen molar-refractivity contribution in [3.63, 3.8) is 0 Å². The van der Waals surface area contributed by atoms with Gasteiger partial charge in [-0.2, -0.15) is 0 Å². The maximum Gasteiger partial charge on any atom is 0.276 e. The summed E-state index contributed by atoms with van der Waals surface area (Å²) < 4.78 is 13.9. The van der Waals surface area contributed by atoms with Crippen LogP contribution in [0, 0.1) is 0 Å². The van der Waals surface area contributed by atoms with Crippen molar-refractivity contribution in [2.24, 2.45) is 0 Å². The van der Waals surface area contributed by atoms with Crippen molar-refractivity contribution in [1.29, 1.82) is 0 Å². The highest BCUT2D eigenvalue weighted by molar-refractivity contribution is 5.96. The number of ether oxygens (including phenoxy) is 2. The number of carbonyl (C=O) groups excluding carboxylic acids is 1. The Bertz CT molecular complexity index is 937. The Morgan fingerprint density at radius 1 is 1.23 bits per heavy atom. The summed E-state index contributed by atoms with van der Waals surface area (Å²) in [5, 5.41) is 0. The first-order valence-corrected chi connectivity index (χ1v) is 9.05. The molecule has 4 heterocycles. The van der Waals surface area contributed by atoms with Crippen molar-refractivity contribution in [1.82, 2.24) is 9.47 Å². The van der Waals surface area contributed by atoms with E-state index < -0.39 is 0 Å². The Hall–Kier alpha value is -2.60. The number of hydrogen-bond acceptors (Lipinski definition) is 4. The first-order chi connectivity index (χ1) is 12.6. The van der Waals surface area contributed by atoms with Gasteiger partial charge in [-0.25, -0.2) is 0 Å². The minimum Gasteiger partial charge on any atom is -0.483 e. The van der Waals surface area contributed by atoms with Crippen molar-refractivity contribution >= 4 is 5.91 Å². The third-order valence-electron chi connectivity index (χ3n) is 5.47. The molecule has 3 aliphatic heterocycles.